The van der Waals surface area contributed by atoms with Gasteiger partial charge in [0.2, 0.25) is 0 Å². The molecule has 5 heteroatoms. The molecule has 0 radical (unpaired) electrons. The van der Waals surface area contributed by atoms with Crippen LogP contribution in [0.3, 0.4) is 0 Å². The maximum atomic E-state index is 6.37. The number of nitrogens with one attached hydrogen (secondary N) is 1. The standard InChI is InChI=1S/C15H28ClN3O/c1-6-9-14(20-8-3)12(17-7-2)10-13-15(16)11(4)18-19(13)5/h12,14,17H,6-10H2,1-5H3. The van der Waals surface area contributed by atoms with E-state index < -0.39 is 0 Å². The van der Waals surface area contributed by atoms with Crippen LogP contribution in [0.2, 0.25) is 5.02 Å². The summed E-state index contributed by atoms with van der Waals surface area (Å²) in [7, 11) is 1.95. The van der Waals surface area contributed by atoms with Crippen LogP contribution < -0.4 is 5.32 Å². The first kappa shape index (κ1) is 17.5. The minimum Gasteiger partial charge on any atom is -0.377 e. The van der Waals surface area contributed by atoms with Crippen molar-refractivity contribution >= 4 is 11.6 Å². The Kier molecular flexibility index (Phi) is 7.56. The zero-order chi connectivity index (χ0) is 15.1. The molecule has 2 unspecified atom stereocenters. The van der Waals surface area contributed by atoms with E-state index in [1.807, 2.05) is 25.6 Å². The summed E-state index contributed by atoms with van der Waals surface area (Å²) in [5.74, 6) is 0. The third kappa shape index (κ3) is 4.47. The fraction of sp³-hybridized carbons (Fsp3) is 0.800. The predicted octanol–water partition coefficient (Wildman–Crippen LogP) is 3.11. The molecule has 0 fully saturated rings. The minimum atomic E-state index is 0.219. The Labute approximate surface area is 127 Å². The summed E-state index contributed by atoms with van der Waals surface area (Å²) < 4.78 is 7.81. The number of nitrogens with zero attached hydrogens (tertiary/aromatic N) is 2. The van der Waals surface area contributed by atoms with Crippen molar-refractivity contribution in [3.63, 3.8) is 0 Å². The number of aryl methyl sites for hydroxylation is 2. The molecular weight excluding hydrogens is 274 g/mol. The molecule has 0 aliphatic rings. The van der Waals surface area contributed by atoms with E-state index >= 15 is 0 Å². The smallest absolute Gasteiger partial charge is 0.0847 e. The van der Waals surface area contributed by atoms with Crippen molar-refractivity contribution in [2.75, 3.05) is 13.2 Å². The monoisotopic (exact) mass is 301 g/mol. The van der Waals surface area contributed by atoms with Gasteiger partial charge in [0.05, 0.1) is 22.5 Å². The average Bonchev–Trinajstić information content (AvgIpc) is 2.64. The van der Waals surface area contributed by atoms with E-state index in [-0.39, 0.29) is 12.1 Å². The average molecular weight is 302 g/mol. The van der Waals surface area contributed by atoms with Crippen molar-refractivity contribution in [1.29, 1.82) is 0 Å². The lowest BCUT2D eigenvalue weighted by atomic mass is 10.0. The number of ether oxygens (including phenoxy) is 1. The summed E-state index contributed by atoms with van der Waals surface area (Å²) in [5.41, 5.74) is 1.97. The summed E-state index contributed by atoms with van der Waals surface area (Å²) in [4.78, 5) is 0. The Morgan fingerprint density at radius 2 is 2.05 bits per heavy atom. The van der Waals surface area contributed by atoms with Crippen molar-refractivity contribution in [2.45, 2.75) is 59.1 Å². The molecule has 0 aliphatic heterocycles. The Bertz CT molecular complexity index is 400. The second kappa shape index (κ2) is 8.65. The van der Waals surface area contributed by atoms with Gasteiger partial charge in [-0.25, -0.2) is 0 Å². The van der Waals surface area contributed by atoms with Gasteiger partial charge in [0.25, 0.3) is 0 Å². The summed E-state index contributed by atoms with van der Waals surface area (Å²) in [6.45, 7) is 9.97. The Morgan fingerprint density at radius 3 is 2.50 bits per heavy atom. The van der Waals surface area contributed by atoms with Crippen molar-refractivity contribution in [3.8, 4) is 0 Å². The number of halogens is 1. The van der Waals surface area contributed by atoms with Crippen LogP contribution in [0, 0.1) is 6.92 Å². The zero-order valence-corrected chi connectivity index (χ0v) is 14.1. The van der Waals surface area contributed by atoms with Crippen molar-refractivity contribution in [3.05, 3.63) is 16.4 Å². The largest absolute Gasteiger partial charge is 0.377 e. The van der Waals surface area contributed by atoms with E-state index in [4.69, 9.17) is 16.3 Å². The van der Waals surface area contributed by atoms with E-state index in [9.17, 15) is 0 Å². The van der Waals surface area contributed by atoms with Gasteiger partial charge in [-0.1, -0.05) is 31.9 Å². The van der Waals surface area contributed by atoms with Gasteiger partial charge in [-0.3, -0.25) is 4.68 Å². The molecule has 1 N–H and O–H groups in total. The van der Waals surface area contributed by atoms with Crippen LogP contribution in [-0.2, 0) is 18.2 Å². The Morgan fingerprint density at radius 1 is 1.35 bits per heavy atom. The molecule has 0 amide bonds. The first-order chi connectivity index (χ1) is 9.54. The van der Waals surface area contributed by atoms with Gasteiger partial charge in [-0.2, -0.15) is 5.10 Å². The molecular formula is C15H28ClN3O. The highest BCUT2D eigenvalue weighted by Gasteiger charge is 2.24. The molecule has 0 bridgehead atoms. The lowest BCUT2D eigenvalue weighted by molar-refractivity contribution is 0.0281. The van der Waals surface area contributed by atoms with Crippen molar-refractivity contribution < 1.29 is 4.74 Å². The second-order valence-electron chi connectivity index (χ2n) is 5.12. The molecule has 1 aromatic heterocycles. The quantitative estimate of drug-likeness (QED) is 0.762. The highest BCUT2D eigenvalue weighted by molar-refractivity contribution is 6.31. The van der Waals surface area contributed by atoms with E-state index in [2.05, 4.69) is 24.3 Å². The molecule has 0 aliphatic carbocycles. The summed E-state index contributed by atoms with van der Waals surface area (Å²) in [5, 5.41) is 8.71. The first-order valence-corrected chi connectivity index (χ1v) is 7.95. The highest BCUT2D eigenvalue weighted by Crippen LogP contribution is 2.22. The van der Waals surface area contributed by atoms with Crippen LogP contribution in [-0.4, -0.2) is 35.1 Å². The third-order valence-corrected chi connectivity index (χ3v) is 4.04. The molecule has 0 spiro atoms. The van der Waals surface area contributed by atoms with Crippen LogP contribution in [0.5, 0.6) is 0 Å². The van der Waals surface area contributed by atoms with E-state index in [0.29, 0.717) is 0 Å². The molecule has 1 aromatic rings. The topological polar surface area (TPSA) is 39.1 Å². The summed E-state index contributed by atoms with van der Waals surface area (Å²) in [6, 6.07) is 0.271. The first-order valence-electron chi connectivity index (χ1n) is 7.57. The Hall–Kier alpha value is -0.580. The van der Waals surface area contributed by atoms with Gasteiger partial charge in [0.1, 0.15) is 0 Å². The normalized spacial score (nSPS) is 14.5. The summed E-state index contributed by atoms with van der Waals surface area (Å²) in [6.07, 6.45) is 3.23. The lowest BCUT2D eigenvalue weighted by Crippen LogP contribution is -2.43. The Balaban J connectivity index is 2.89. The molecule has 0 saturated heterocycles. The number of hydrogen-bond donors (Lipinski definition) is 1. The van der Waals surface area contributed by atoms with Gasteiger partial charge in [0, 0.05) is 26.1 Å². The molecule has 20 heavy (non-hydrogen) atoms. The van der Waals surface area contributed by atoms with Gasteiger partial charge >= 0.3 is 0 Å². The van der Waals surface area contributed by atoms with E-state index in [1.165, 1.54) is 0 Å². The minimum absolute atomic E-state index is 0.219. The molecule has 0 saturated carbocycles. The molecule has 1 heterocycles. The van der Waals surface area contributed by atoms with E-state index in [0.717, 1.165) is 48.8 Å². The SMILES string of the molecule is CCCC(OCC)C(Cc1c(Cl)c(C)nn1C)NCC. The van der Waals surface area contributed by atoms with Gasteiger partial charge in [-0.15, -0.1) is 0 Å². The van der Waals surface area contributed by atoms with Crippen LogP contribution in [0.4, 0.5) is 0 Å². The zero-order valence-electron chi connectivity index (χ0n) is 13.4. The molecule has 1 rings (SSSR count). The van der Waals surface area contributed by atoms with Gasteiger partial charge in [0.15, 0.2) is 0 Å². The highest BCUT2D eigenvalue weighted by atomic mass is 35.5. The fourth-order valence-corrected chi connectivity index (χ4v) is 2.84. The molecule has 2 atom stereocenters. The van der Waals surface area contributed by atoms with Crippen LogP contribution in [0.15, 0.2) is 0 Å². The van der Waals surface area contributed by atoms with Crippen LogP contribution in [0.1, 0.15) is 45.0 Å². The van der Waals surface area contributed by atoms with Crippen molar-refractivity contribution in [1.82, 2.24) is 15.1 Å². The fourth-order valence-electron chi connectivity index (χ4n) is 2.61. The third-order valence-electron chi connectivity index (χ3n) is 3.54. The van der Waals surface area contributed by atoms with Crippen molar-refractivity contribution in [2.24, 2.45) is 7.05 Å². The molecule has 0 aromatic carbocycles. The maximum Gasteiger partial charge on any atom is 0.0847 e. The molecule has 4 nitrogen and oxygen atoms in total. The number of hydrogen-bond acceptors (Lipinski definition) is 3. The van der Waals surface area contributed by atoms with Crippen LogP contribution >= 0.6 is 11.6 Å². The van der Waals surface area contributed by atoms with Crippen LogP contribution in [0.25, 0.3) is 0 Å². The lowest BCUT2D eigenvalue weighted by Gasteiger charge is -2.27. The number of likely N-dealkylation sites (N-methyl/N-ethyl adjacent to an activating group) is 1. The maximum absolute atomic E-state index is 6.37. The van der Waals surface area contributed by atoms with Gasteiger partial charge in [-0.05, 0) is 26.8 Å². The number of aromatic nitrogens is 2. The molecule has 116 valence electrons. The van der Waals surface area contributed by atoms with E-state index in [1.54, 1.807) is 0 Å². The van der Waals surface area contributed by atoms with Gasteiger partial charge < -0.3 is 10.1 Å². The summed E-state index contributed by atoms with van der Waals surface area (Å²) >= 11 is 6.37. The second-order valence-corrected chi connectivity index (χ2v) is 5.50. The number of rotatable bonds is 9. The predicted molar refractivity (Wildman–Crippen MR) is 84.4 cm³/mol.